The molecule has 2 aromatic heterocycles. The quantitative estimate of drug-likeness (QED) is 0.181. The van der Waals surface area contributed by atoms with Crippen LogP contribution < -0.4 is 0 Å². The van der Waals surface area contributed by atoms with Crippen molar-refractivity contribution < 1.29 is 0 Å². The third-order valence-corrected chi connectivity index (χ3v) is 12.2. The van der Waals surface area contributed by atoms with E-state index in [2.05, 4.69) is 176 Å². The van der Waals surface area contributed by atoms with Crippen LogP contribution in [0, 0.1) is 11.8 Å². The zero-order valence-electron chi connectivity index (χ0n) is 27.5. The van der Waals surface area contributed by atoms with Crippen molar-refractivity contribution >= 4 is 64.7 Å². The van der Waals surface area contributed by atoms with Gasteiger partial charge in [-0.25, -0.2) is 0 Å². The molecule has 0 saturated heterocycles. The number of benzene rings is 6. The van der Waals surface area contributed by atoms with Crippen LogP contribution in [0.3, 0.4) is 0 Å². The minimum absolute atomic E-state index is 0.226. The van der Waals surface area contributed by atoms with Crippen LogP contribution in [0.25, 0.3) is 58.8 Å². The Morgan fingerprint density at radius 2 is 1.39 bits per heavy atom. The normalized spacial score (nSPS) is 20.1. The van der Waals surface area contributed by atoms with E-state index in [1.54, 1.807) is 0 Å². The number of hydrogen-bond donors (Lipinski definition) is 0. The molecule has 0 N–H and O–H groups in total. The van der Waals surface area contributed by atoms with Crippen LogP contribution in [-0.4, -0.2) is 10.3 Å². The average Bonchev–Trinajstić information content (AvgIpc) is 3.80. The largest absolute Gasteiger partial charge is 0.309 e. The van der Waals surface area contributed by atoms with E-state index in [0.717, 1.165) is 11.4 Å². The number of fused-ring (bicyclic) bond motifs is 8. The molecule has 3 unspecified atom stereocenters. The van der Waals surface area contributed by atoms with Crippen molar-refractivity contribution in [1.29, 1.82) is 0 Å². The molecule has 3 heterocycles. The highest BCUT2D eigenvalue weighted by atomic mass is 32.1. The third kappa shape index (κ3) is 4.09. The summed E-state index contributed by atoms with van der Waals surface area (Å²) in [6, 6.07) is 49.0. The fourth-order valence-electron chi connectivity index (χ4n) is 8.52. The highest BCUT2D eigenvalue weighted by molar-refractivity contribution is 7.26. The summed E-state index contributed by atoms with van der Waals surface area (Å²) in [6.07, 6.45) is 9.02. The number of para-hydroxylation sites is 1. The van der Waals surface area contributed by atoms with Crippen molar-refractivity contribution in [3.63, 3.8) is 0 Å². The van der Waals surface area contributed by atoms with Gasteiger partial charge in [0, 0.05) is 48.3 Å². The fourth-order valence-corrected chi connectivity index (χ4v) is 9.75. The monoisotopic (exact) mass is 646 g/mol. The highest BCUT2D eigenvalue weighted by Gasteiger charge is 2.45. The second-order valence-corrected chi connectivity index (χ2v) is 14.7. The first-order valence-electron chi connectivity index (χ1n) is 17.2. The van der Waals surface area contributed by atoms with Gasteiger partial charge in [0.1, 0.15) is 0 Å². The molecule has 0 spiro atoms. The molecule has 3 heteroatoms. The molecular weight excluding hydrogens is 613 g/mol. The van der Waals surface area contributed by atoms with Gasteiger partial charge >= 0.3 is 0 Å². The smallest absolute Gasteiger partial charge is 0.0774 e. The van der Waals surface area contributed by atoms with Gasteiger partial charge < -0.3 is 4.57 Å². The molecule has 10 rings (SSSR count). The highest BCUT2D eigenvalue weighted by Crippen LogP contribution is 2.53. The van der Waals surface area contributed by atoms with E-state index in [-0.39, 0.29) is 11.3 Å². The molecule has 6 aromatic carbocycles. The minimum Gasteiger partial charge on any atom is -0.309 e. The van der Waals surface area contributed by atoms with Crippen molar-refractivity contribution in [2.45, 2.75) is 19.3 Å². The van der Waals surface area contributed by atoms with E-state index >= 15 is 0 Å². The Labute approximate surface area is 290 Å². The second kappa shape index (κ2) is 10.7. The Bertz CT molecular complexity index is 2690. The lowest BCUT2D eigenvalue weighted by atomic mass is 9.67. The van der Waals surface area contributed by atoms with Crippen molar-refractivity contribution in [1.82, 2.24) is 4.57 Å². The number of hydrogen-bond acceptors (Lipinski definition) is 2. The molecule has 3 atom stereocenters. The van der Waals surface area contributed by atoms with Crippen LogP contribution in [0.4, 0.5) is 5.69 Å². The van der Waals surface area contributed by atoms with Crippen LogP contribution in [0.15, 0.2) is 163 Å². The van der Waals surface area contributed by atoms with E-state index in [9.17, 15) is 0 Å². The molecule has 0 radical (unpaired) electrons. The molecule has 0 bridgehead atoms. The van der Waals surface area contributed by atoms with Crippen molar-refractivity contribution in [3.05, 3.63) is 169 Å². The summed E-state index contributed by atoms with van der Waals surface area (Å²) in [4.78, 5) is 5.66. The number of aromatic nitrogens is 1. The average molecular weight is 647 g/mol. The SMILES string of the molecule is CC1C=CC=CC1C1=Nc2c(ccc3c2c2ccccc2n3-c2ccc(-c3cccc4c3sc3ccccc34)cc2)C1(C)c1ccccc1. The first-order chi connectivity index (χ1) is 24.1. The van der Waals surface area contributed by atoms with Crippen molar-refractivity contribution in [2.24, 2.45) is 16.8 Å². The van der Waals surface area contributed by atoms with Gasteiger partial charge in [-0.2, -0.15) is 0 Å². The van der Waals surface area contributed by atoms with Crippen LogP contribution in [-0.2, 0) is 5.41 Å². The van der Waals surface area contributed by atoms with Gasteiger partial charge in [-0.3, -0.25) is 4.99 Å². The van der Waals surface area contributed by atoms with Crippen molar-refractivity contribution in [2.75, 3.05) is 0 Å². The standard InChI is InChI=1S/C46H34N2S/c1-29-13-6-7-16-33(29)45-46(2,31-14-4-3-5-15-31)38-27-28-40-42(43(38)47-45)37-18-8-10-21-39(37)48(40)32-25-23-30(24-26-32)34-19-12-20-36-35-17-9-11-22-41(35)49-44(34)36/h3-29,33H,1-2H3. The van der Waals surface area contributed by atoms with Gasteiger partial charge in [-0.1, -0.05) is 134 Å². The summed E-state index contributed by atoms with van der Waals surface area (Å²) < 4.78 is 5.10. The van der Waals surface area contributed by atoms with Crippen LogP contribution >= 0.6 is 11.3 Å². The molecular formula is C46H34N2S. The first kappa shape index (κ1) is 28.5. The number of rotatable bonds is 4. The van der Waals surface area contributed by atoms with Gasteiger partial charge in [-0.05, 0) is 65.4 Å². The van der Waals surface area contributed by atoms with Gasteiger partial charge in [0.15, 0.2) is 0 Å². The van der Waals surface area contributed by atoms with Crippen molar-refractivity contribution in [3.8, 4) is 16.8 Å². The summed E-state index contributed by atoms with van der Waals surface area (Å²) in [5, 5.41) is 5.13. The molecule has 1 aliphatic heterocycles. The summed E-state index contributed by atoms with van der Waals surface area (Å²) >= 11 is 1.88. The molecule has 234 valence electrons. The van der Waals surface area contributed by atoms with E-state index in [1.807, 2.05) is 11.3 Å². The van der Waals surface area contributed by atoms with Crippen LogP contribution in [0.1, 0.15) is 25.0 Å². The molecule has 2 nitrogen and oxygen atoms in total. The lowest BCUT2D eigenvalue weighted by molar-refractivity contribution is 0.600. The molecule has 0 fully saturated rings. The molecule has 0 amide bonds. The van der Waals surface area contributed by atoms with E-state index in [0.29, 0.717) is 5.92 Å². The summed E-state index contributed by atoms with van der Waals surface area (Å²) in [7, 11) is 0. The van der Waals surface area contributed by atoms with Gasteiger partial charge in [0.05, 0.1) is 22.1 Å². The predicted molar refractivity (Wildman–Crippen MR) is 210 cm³/mol. The van der Waals surface area contributed by atoms with Crippen LogP contribution in [0.5, 0.6) is 0 Å². The first-order valence-corrected chi connectivity index (χ1v) is 18.0. The molecule has 8 aromatic rings. The number of nitrogens with zero attached hydrogens (tertiary/aromatic N) is 2. The van der Waals surface area contributed by atoms with E-state index < -0.39 is 0 Å². The second-order valence-electron chi connectivity index (χ2n) is 13.7. The Hall–Kier alpha value is -5.51. The molecule has 49 heavy (non-hydrogen) atoms. The van der Waals surface area contributed by atoms with Gasteiger partial charge in [0.2, 0.25) is 0 Å². The van der Waals surface area contributed by atoms with E-state index in [1.165, 1.54) is 69.9 Å². The topological polar surface area (TPSA) is 17.3 Å². The Morgan fingerprint density at radius 3 is 2.22 bits per heavy atom. The molecule has 1 aliphatic carbocycles. The number of aliphatic imine (C=N–C) groups is 1. The zero-order valence-corrected chi connectivity index (χ0v) is 28.3. The number of thiophene rings is 1. The number of allylic oxidation sites excluding steroid dienone is 4. The molecule has 2 aliphatic rings. The molecule has 0 saturated carbocycles. The lowest BCUT2D eigenvalue weighted by Gasteiger charge is -2.34. The Kier molecular flexibility index (Phi) is 6.25. The maximum absolute atomic E-state index is 5.66. The van der Waals surface area contributed by atoms with Crippen LogP contribution in [0.2, 0.25) is 0 Å². The Morgan fingerprint density at radius 1 is 0.653 bits per heavy atom. The van der Waals surface area contributed by atoms with Gasteiger partial charge in [0.25, 0.3) is 0 Å². The Balaban J connectivity index is 1.17. The third-order valence-electron chi connectivity index (χ3n) is 11.0. The van der Waals surface area contributed by atoms with E-state index in [4.69, 9.17) is 4.99 Å². The summed E-state index contributed by atoms with van der Waals surface area (Å²) in [5.41, 5.74) is 10.6. The minimum atomic E-state index is -0.336. The maximum atomic E-state index is 5.66. The maximum Gasteiger partial charge on any atom is 0.0774 e. The zero-order chi connectivity index (χ0) is 32.7. The predicted octanol–water partition coefficient (Wildman–Crippen LogP) is 12.6. The fraction of sp³-hybridized carbons (Fsp3) is 0.109. The summed E-state index contributed by atoms with van der Waals surface area (Å²) in [6.45, 7) is 4.70. The lowest BCUT2D eigenvalue weighted by Crippen LogP contribution is -2.37. The summed E-state index contributed by atoms with van der Waals surface area (Å²) in [5.74, 6) is 0.596. The van der Waals surface area contributed by atoms with Gasteiger partial charge in [-0.15, -0.1) is 11.3 Å².